The Morgan fingerprint density at radius 2 is 1.08 bits per heavy atom. The number of rotatable bonds is 6. The zero-order chi connectivity index (χ0) is 16.8. The number of para-hydroxylation sites is 1. The van der Waals surface area contributed by atoms with Gasteiger partial charge in [-0.15, -0.1) is 0 Å². The molecule has 0 unspecified atom stereocenters. The van der Waals surface area contributed by atoms with Crippen LogP contribution in [0, 0.1) is 0 Å². The molecular weight excluding hydrogens is 309 g/mol. The molecule has 0 amide bonds. The molecule has 0 saturated carbocycles. The minimum absolute atomic E-state index is 0.552. The first-order chi connectivity index (χ1) is 11.8. The van der Waals surface area contributed by atoms with Crippen LogP contribution in [0.1, 0.15) is 13.8 Å². The molecule has 3 aromatic carbocycles. The first-order valence-corrected chi connectivity index (χ1v) is 9.93. The molecule has 0 aliphatic rings. The van der Waals surface area contributed by atoms with E-state index in [1.807, 2.05) is 0 Å². The first kappa shape index (κ1) is 16.7. The van der Waals surface area contributed by atoms with Gasteiger partial charge in [-0.1, -0.05) is 78.9 Å². The normalized spacial score (nSPS) is 10.8. The highest BCUT2D eigenvalue weighted by Crippen LogP contribution is 2.36. The van der Waals surface area contributed by atoms with Gasteiger partial charge in [-0.25, -0.2) is 0 Å². The summed E-state index contributed by atoms with van der Waals surface area (Å²) >= 11 is 0. The number of nitrogens with zero attached hydrogens (tertiary/aromatic N) is 1. The van der Waals surface area contributed by atoms with Crippen molar-refractivity contribution in [3.05, 3.63) is 84.9 Å². The van der Waals surface area contributed by atoms with E-state index in [1.54, 1.807) is 0 Å². The van der Waals surface area contributed by atoms with Gasteiger partial charge in [0.2, 0.25) is 0 Å². The van der Waals surface area contributed by atoms with E-state index < -0.39 is 7.92 Å². The third-order valence-corrected chi connectivity index (χ3v) is 6.74. The first-order valence-electron chi connectivity index (χ1n) is 8.59. The summed E-state index contributed by atoms with van der Waals surface area (Å²) in [5.41, 5.74) is 1.36. The molecule has 0 fully saturated rings. The summed E-state index contributed by atoms with van der Waals surface area (Å²) in [6, 6.07) is 30.7. The summed E-state index contributed by atoms with van der Waals surface area (Å²) in [5, 5.41) is 4.24. The van der Waals surface area contributed by atoms with Crippen LogP contribution in [0.15, 0.2) is 84.9 Å². The van der Waals surface area contributed by atoms with Gasteiger partial charge in [0.05, 0.1) is 0 Å². The lowest BCUT2D eigenvalue weighted by molar-refractivity contribution is 0.869. The highest BCUT2D eigenvalue weighted by molar-refractivity contribution is 7.80. The van der Waals surface area contributed by atoms with E-state index >= 15 is 0 Å². The maximum atomic E-state index is 2.45. The Hall–Kier alpha value is -2.11. The van der Waals surface area contributed by atoms with Crippen molar-refractivity contribution < 1.29 is 0 Å². The summed E-state index contributed by atoms with van der Waals surface area (Å²) < 4.78 is 0. The van der Waals surface area contributed by atoms with E-state index in [0.717, 1.165) is 13.1 Å². The molecule has 0 aromatic heterocycles. The fraction of sp³-hybridized carbons (Fsp3) is 0.182. The number of anilines is 1. The maximum Gasteiger partial charge on any atom is 0.0450 e. The van der Waals surface area contributed by atoms with Crippen LogP contribution in [0.3, 0.4) is 0 Å². The smallest absolute Gasteiger partial charge is 0.0450 e. The van der Waals surface area contributed by atoms with Crippen molar-refractivity contribution in [2.45, 2.75) is 13.8 Å². The summed E-state index contributed by atoms with van der Waals surface area (Å²) in [6.45, 7) is 6.52. The molecule has 0 bridgehead atoms. The lowest BCUT2D eigenvalue weighted by atomic mass is 10.3. The van der Waals surface area contributed by atoms with Crippen LogP contribution < -0.4 is 20.8 Å². The molecule has 0 N–H and O–H groups in total. The molecule has 1 nitrogen and oxygen atoms in total. The van der Waals surface area contributed by atoms with Gasteiger partial charge in [-0.05, 0) is 38.4 Å². The predicted octanol–water partition coefficient (Wildman–Crippen LogP) is 4.29. The highest BCUT2D eigenvalue weighted by Gasteiger charge is 2.20. The quantitative estimate of drug-likeness (QED) is 0.608. The van der Waals surface area contributed by atoms with Gasteiger partial charge in [0.1, 0.15) is 0 Å². The van der Waals surface area contributed by atoms with Crippen molar-refractivity contribution in [3.63, 3.8) is 0 Å². The Balaban J connectivity index is 2.17. The Bertz CT molecular complexity index is 712. The van der Waals surface area contributed by atoms with Crippen LogP contribution in [-0.2, 0) is 0 Å². The molecular formula is C22H24NP. The second-order valence-electron chi connectivity index (χ2n) is 5.67. The van der Waals surface area contributed by atoms with Crippen molar-refractivity contribution in [1.82, 2.24) is 0 Å². The van der Waals surface area contributed by atoms with Crippen LogP contribution in [0.5, 0.6) is 0 Å². The molecule has 3 rings (SSSR count). The molecule has 0 radical (unpaired) electrons. The van der Waals surface area contributed by atoms with Gasteiger partial charge in [0, 0.05) is 24.1 Å². The average Bonchev–Trinajstić information content (AvgIpc) is 2.66. The highest BCUT2D eigenvalue weighted by atomic mass is 31.1. The van der Waals surface area contributed by atoms with Crippen LogP contribution in [0.2, 0.25) is 0 Å². The molecule has 0 saturated heterocycles. The topological polar surface area (TPSA) is 3.24 Å². The van der Waals surface area contributed by atoms with Crippen molar-refractivity contribution in [1.29, 1.82) is 0 Å². The lowest BCUT2D eigenvalue weighted by Gasteiger charge is -2.28. The van der Waals surface area contributed by atoms with Gasteiger partial charge in [-0.3, -0.25) is 0 Å². The van der Waals surface area contributed by atoms with Crippen molar-refractivity contribution in [2.75, 3.05) is 18.0 Å². The summed E-state index contributed by atoms with van der Waals surface area (Å²) in [7, 11) is -0.552. The second kappa shape index (κ2) is 8.13. The van der Waals surface area contributed by atoms with Crippen molar-refractivity contribution in [3.8, 4) is 0 Å². The molecule has 0 atom stereocenters. The second-order valence-corrected chi connectivity index (χ2v) is 7.85. The maximum absolute atomic E-state index is 2.45. The third-order valence-electron chi connectivity index (χ3n) is 4.26. The molecule has 3 aromatic rings. The third kappa shape index (κ3) is 3.52. The van der Waals surface area contributed by atoms with Crippen LogP contribution in [0.25, 0.3) is 0 Å². The van der Waals surface area contributed by atoms with E-state index in [-0.39, 0.29) is 0 Å². The Kier molecular flexibility index (Phi) is 5.67. The average molecular weight is 333 g/mol. The van der Waals surface area contributed by atoms with E-state index in [9.17, 15) is 0 Å². The molecule has 24 heavy (non-hydrogen) atoms. The summed E-state index contributed by atoms with van der Waals surface area (Å²) in [6.07, 6.45) is 0. The number of hydrogen-bond acceptors (Lipinski definition) is 1. The summed E-state index contributed by atoms with van der Waals surface area (Å²) in [4.78, 5) is 2.45. The minimum atomic E-state index is -0.552. The van der Waals surface area contributed by atoms with Crippen LogP contribution >= 0.6 is 7.92 Å². The molecule has 0 aliphatic carbocycles. The number of hydrogen-bond donors (Lipinski definition) is 0. The van der Waals surface area contributed by atoms with E-state index in [2.05, 4.69) is 104 Å². The number of benzene rings is 3. The monoisotopic (exact) mass is 333 g/mol. The Labute approximate surface area is 146 Å². The molecule has 0 aliphatic heterocycles. The van der Waals surface area contributed by atoms with Crippen molar-refractivity contribution in [2.24, 2.45) is 0 Å². The van der Waals surface area contributed by atoms with Gasteiger partial charge in [0.15, 0.2) is 0 Å². The standard InChI is InChI=1S/C22H24NP/c1-3-23(4-2)21-17-11-12-18-22(21)24(19-13-7-5-8-14-19)20-15-9-6-10-16-20/h5-18H,3-4H2,1-2H3. The zero-order valence-corrected chi connectivity index (χ0v) is 15.3. The predicted molar refractivity (Wildman–Crippen MR) is 109 cm³/mol. The fourth-order valence-electron chi connectivity index (χ4n) is 3.07. The minimum Gasteiger partial charge on any atom is -0.372 e. The summed E-state index contributed by atoms with van der Waals surface area (Å²) in [5.74, 6) is 0. The van der Waals surface area contributed by atoms with Gasteiger partial charge in [0.25, 0.3) is 0 Å². The van der Waals surface area contributed by atoms with Crippen molar-refractivity contribution >= 4 is 29.5 Å². The van der Waals surface area contributed by atoms with Gasteiger partial charge >= 0.3 is 0 Å². The Morgan fingerprint density at radius 3 is 1.58 bits per heavy atom. The van der Waals surface area contributed by atoms with Crippen LogP contribution in [0.4, 0.5) is 5.69 Å². The fourth-order valence-corrected chi connectivity index (χ4v) is 5.54. The van der Waals surface area contributed by atoms with Gasteiger partial charge < -0.3 is 4.90 Å². The SMILES string of the molecule is CCN(CC)c1ccccc1P(c1ccccc1)c1ccccc1. The van der Waals surface area contributed by atoms with E-state index in [1.165, 1.54) is 21.6 Å². The molecule has 0 spiro atoms. The zero-order valence-electron chi connectivity index (χ0n) is 14.4. The Morgan fingerprint density at radius 1 is 0.625 bits per heavy atom. The molecule has 2 heteroatoms. The lowest BCUT2D eigenvalue weighted by Crippen LogP contribution is -2.30. The molecule has 0 heterocycles. The molecule has 122 valence electrons. The van der Waals surface area contributed by atoms with Gasteiger partial charge in [-0.2, -0.15) is 0 Å². The van der Waals surface area contributed by atoms with E-state index in [0.29, 0.717) is 0 Å². The van der Waals surface area contributed by atoms with Crippen LogP contribution in [-0.4, -0.2) is 13.1 Å². The van der Waals surface area contributed by atoms with E-state index in [4.69, 9.17) is 0 Å². The largest absolute Gasteiger partial charge is 0.372 e.